The van der Waals surface area contributed by atoms with Gasteiger partial charge in [0, 0.05) is 5.69 Å². The molecule has 1 fully saturated rings. The Labute approximate surface area is 158 Å². The fourth-order valence-electron chi connectivity index (χ4n) is 3.45. The van der Waals surface area contributed by atoms with E-state index in [1.54, 1.807) is 6.92 Å². The molecule has 1 aliphatic heterocycles. The van der Waals surface area contributed by atoms with E-state index >= 15 is 0 Å². The number of rotatable bonds is 4. The van der Waals surface area contributed by atoms with Gasteiger partial charge in [-0.15, -0.1) is 5.10 Å². The van der Waals surface area contributed by atoms with Gasteiger partial charge in [0.25, 0.3) is 5.91 Å². The molecule has 0 aliphatic carbocycles. The topological polar surface area (TPSA) is 71.8 Å². The van der Waals surface area contributed by atoms with Crippen molar-refractivity contribution in [2.24, 2.45) is 0 Å². The van der Waals surface area contributed by atoms with Crippen molar-refractivity contribution in [3.8, 4) is 5.69 Å². The van der Waals surface area contributed by atoms with Crippen molar-refractivity contribution in [3.63, 3.8) is 0 Å². The van der Waals surface area contributed by atoms with Crippen LogP contribution in [0.2, 0.25) is 0 Å². The predicted octanol–water partition coefficient (Wildman–Crippen LogP) is 3.30. The molecule has 2 heterocycles. The number of benzene rings is 2. The minimum absolute atomic E-state index is 0.246. The molecule has 2 aromatic carbocycles. The summed E-state index contributed by atoms with van der Waals surface area (Å²) in [5.74, 6) is 0.355. The van der Waals surface area contributed by atoms with E-state index in [1.165, 1.54) is 10.4 Å². The van der Waals surface area contributed by atoms with Gasteiger partial charge in [-0.3, -0.25) is 4.79 Å². The number of hydrogen-bond donors (Lipinski definition) is 2. The number of aryl methyl sites for hydroxylation is 1. The number of anilines is 1. The Morgan fingerprint density at radius 2 is 1.74 bits per heavy atom. The molecular formula is C21H23N5O. The van der Waals surface area contributed by atoms with Gasteiger partial charge in [-0.1, -0.05) is 30.3 Å². The first-order valence-corrected chi connectivity index (χ1v) is 9.32. The highest BCUT2D eigenvalue weighted by atomic mass is 16.2. The number of para-hydroxylation sites is 1. The Morgan fingerprint density at radius 1 is 1.04 bits per heavy atom. The molecule has 1 aliphatic rings. The lowest BCUT2D eigenvalue weighted by atomic mass is 9.90. The van der Waals surface area contributed by atoms with Crippen molar-refractivity contribution < 1.29 is 4.79 Å². The molecule has 6 heteroatoms. The lowest BCUT2D eigenvalue weighted by molar-refractivity contribution is 0.102. The first-order valence-electron chi connectivity index (χ1n) is 9.32. The van der Waals surface area contributed by atoms with Gasteiger partial charge < -0.3 is 10.6 Å². The minimum atomic E-state index is -0.246. The maximum absolute atomic E-state index is 12.6. The van der Waals surface area contributed by atoms with Crippen LogP contribution in [0.15, 0.2) is 54.6 Å². The fourth-order valence-corrected chi connectivity index (χ4v) is 3.45. The number of carbonyl (C=O) groups excluding carboxylic acids is 1. The molecule has 2 N–H and O–H groups in total. The summed E-state index contributed by atoms with van der Waals surface area (Å²) in [5.41, 5.74) is 3.86. The maximum atomic E-state index is 12.6. The van der Waals surface area contributed by atoms with Gasteiger partial charge in [0.05, 0.1) is 11.4 Å². The molecule has 0 radical (unpaired) electrons. The predicted molar refractivity (Wildman–Crippen MR) is 105 cm³/mol. The molecule has 1 aromatic heterocycles. The number of amides is 1. The van der Waals surface area contributed by atoms with Crippen LogP contribution in [0.5, 0.6) is 0 Å². The highest BCUT2D eigenvalue weighted by Gasteiger charge is 2.18. The molecule has 0 bridgehead atoms. The number of hydrogen-bond acceptors (Lipinski definition) is 4. The highest BCUT2D eigenvalue weighted by Crippen LogP contribution is 2.26. The molecule has 0 saturated carbocycles. The smallest absolute Gasteiger partial charge is 0.278 e. The lowest BCUT2D eigenvalue weighted by Gasteiger charge is -2.23. The zero-order valence-electron chi connectivity index (χ0n) is 15.4. The van der Waals surface area contributed by atoms with Crippen LogP contribution in [-0.2, 0) is 0 Å². The molecule has 0 spiro atoms. The van der Waals surface area contributed by atoms with Gasteiger partial charge in [-0.05, 0) is 68.6 Å². The van der Waals surface area contributed by atoms with Gasteiger partial charge in [0.1, 0.15) is 0 Å². The van der Waals surface area contributed by atoms with E-state index in [-0.39, 0.29) is 5.91 Å². The second kappa shape index (κ2) is 7.72. The molecule has 1 saturated heterocycles. The van der Waals surface area contributed by atoms with Gasteiger partial charge in [-0.2, -0.15) is 9.90 Å². The van der Waals surface area contributed by atoms with Gasteiger partial charge in [-0.25, -0.2) is 0 Å². The van der Waals surface area contributed by atoms with E-state index in [1.807, 2.05) is 42.5 Å². The van der Waals surface area contributed by atoms with E-state index in [0.717, 1.165) is 37.3 Å². The van der Waals surface area contributed by atoms with E-state index in [4.69, 9.17) is 0 Å². The average molecular weight is 361 g/mol. The quantitative estimate of drug-likeness (QED) is 0.748. The Hall–Kier alpha value is -2.99. The molecule has 0 atom stereocenters. The Morgan fingerprint density at radius 3 is 2.44 bits per heavy atom. The SMILES string of the molecule is Cc1nn(-c2ccccc2)nc1C(=O)Nc1ccc(C2CCNCC2)cc1. The summed E-state index contributed by atoms with van der Waals surface area (Å²) in [6, 6.07) is 17.7. The van der Waals surface area contributed by atoms with Gasteiger partial charge >= 0.3 is 0 Å². The Balaban J connectivity index is 1.47. The largest absolute Gasteiger partial charge is 0.321 e. The van der Waals surface area contributed by atoms with E-state index in [2.05, 4.69) is 33.0 Å². The molecule has 6 nitrogen and oxygen atoms in total. The van der Waals surface area contributed by atoms with Crippen molar-refractivity contribution in [2.75, 3.05) is 18.4 Å². The van der Waals surface area contributed by atoms with Crippen LogP contribution in [0, 0.1) is 6.92 Å². The van der Waals surface area contributed by atoms with Crippen LogP contribution in [0.1, 0.15) is 40.5 Å². The maximum Gasteiger partial charge on any atom is 0.278 e. The number of carbonyl (C=O) groups is 1. The summed E-state index contributed by atoms with van der Waals surface area (Å²) in [6.45, 7) is 3.93. The zero-order chi connectivity index (χ0) is 18.6. The minimum Gasteiger partial charge on any atom is -0.321 e. The van der Waals surface area contributed by atoms with Crippen molar-refractivity contribution >= 4 is 11.6 Å². The third kappa shape index (κ3) is 3.90. The first kappa shape index (κ1) is 17.4. The van der Waals surface area contributed by atoms with Gasteiger partial charge in [0.2, 0.25) is 0 Å². The molecule has 3 aromatic rings. The van der Waals surface area contributed by atoms with Crippen LogP contribution < -0.4 is 10.6 Å². The van der Waals surface area contributed by atoms with E-state index < -0.39 is 0 Å². The van der Waals surface area contributed by atoms with Crippen molar-refractivity contribution in [1.29, 1.82) is 0 Å². The van der Waals surface area contributed by atoms with Crippen molar-refractivity contribution in [3.05, 3.63) is 71.5 Å². The summed E-state index contributed by atoms with van der Waals surface area (Å²) in [7, 11) is 0. The van der Waals surface area contributed by atoms with E-state index in [0.29, 0.717) is 17.3 Å². The molecular weight excluding hydrogens is 338 g/mol. The first-order chi connectivity index (χ1) is 13.2. The third-order valence-corrected chi connectivity index (χ3v) is 4.96. The summed E-state index contributed by atoms with van der Waals surface area (Å²) in [5, 5.41) is 15.0. The lowest BCUT2D eigenvalue weighted by Crippen LogP contribution is -2.26. The van der Waals surface area contributed by atoms with Crippen LogP contribution >= 0.6 is 0 Å². The Kier molecular flexibility index (Phi) is 4.98. The summed E-state index contributed by atoms with van der Waals surface area (Å²) in [6.07, 6.45) is 2.32. The number of aromatic nitrogens is 3. The van der Waals surface area contributed by atoms with E-state index in [9.17, 15) is 4.79 Å². The summed E-state index contributed by atoms with van der Waals surface area (Å²) < 4.78 is 0. The Bertz CT molecular complexity index is 912. The second-order valence-electron chi connectivity index (χ2n) is 6.86. The molecule has 27 heavy (non-hydrogen) atoms. The van der Waals surface area contributed by atoms with Crippen LogP contribution in [-0.4, -0.2) is 34.0 Å². The molecule has 138 valence electrons. The number of nitrogens with zero attached hydrogens (tertiary/aromatic N) is 3. The average Bonchev–Trinajstić information content (AvgIpc) is 3.12. The highest BCUT2D eigenvalue weighted by molar-refractivity contribution is 6.03. The summed E-state index contributed by atoms with van der Waals surface area (Å²) in [4.78, 5) is 14.1. The van der Waals surface area contributed by atoms with Crippen molar-refractivity contribution in [2.45, 2.75) is 25.7 Å². The van der Waals surface area contributed by atoms with Crippen LogP contribution in [0.3, 0.4) is 0 Å². The zero-order valence-corrected chi connectivity index (χ0v) is 15.4. The van der Waals surface area contributed by atoms with Crippen LogP contribution in [0.25, 0.3) is 5.69 Å². The second-order valence-corrected chi connectivity index (χ2v) is 6.86. The van der Waals surface area contributed by atoms with Gasteiger partial charge in [0.15, 0.2) is 5.69 Å². The third-order valence-electron chi connectivity index (χ3n) is 4.96. The number of nitrogens with one attached hydrogen (secondary N) is 2. The van der Waals surface area contributed by atoms with Crippen LogP contribution in [0.4, 0.5) is 5.69 Å². The summed E-state index contributed by atoms with van der Waals surface area (Å²) >= 11 is 0. The fraction of sp³-hybridized carbons (Fsp3) is 0.286. The normalized spacial score (nSPS) is 14.9. The molecule has 4 rings (SSSR count). The number of piperidine rings is 1. The monoisotopic (exact) mass is 361 g/mol. The standard InChI is InChI=1S/C21H23N5O/c1-15-20(25-26(24-15)19-5-3-2-4-6-19)21(27)23-18-9-7-16(8-10-18)17-11-13-22-14-12-17/h2-10,17,22H,11-14H2,1H3,(H,23,27). The molecule has 0 unspecified atom stereocenters. The van der Waals surface area contributed by atoms with Crippen molar-refractivity contribution in [1.82, 2.24) is 20.3 Å². The molecule has 1 amide bonds.